The highest BCUT2D eigenvalue weighted by molar-refractivity contribution is 9.09. The van der Waals surface area contributed by atoms with Crippen LogP contribution in [0.4, 0.5) is 0 Å². The Balaban J connectivity index is 2.79. The minimum absolute atomic E-state index is 0.0951. The average molecular weight is 312 g/mol. The fraction of sp³-hybridized carbons (Fsp3) is 0.533. The summed E-state index contributed by atoms with van der Waals surface area (Å²) in [5.74, 6) is 0.102. The van der Waals surface area contributed by atoms with E-state index in [2.05, 4.69) is 54.2 Å². The van der Waals surface area contributed by atoms with Crippen LogP contribution in [-0.4, -0.2) is 11.2 Å². The Morgan fingerprint density at radius 1 is 1.28 bits per heavy atom. The Morgan fingerprint density at radius 3 is 2.39 bits per heavy atom. The molecule has 1 rings (SSSR count). The molecule has 0 radical (unpaired) electrons. The molecule has 1 unspecified atom stereocenters. The standard InChI is InChI=1S/C15H22BrNO/c1-15(2,3)11-13(17-14(18)9-10-16)12-7-5-4-6-8-12/h4-8,13H,9-11H2,1-3H3,(H,17,18). The van der Waals surface area contributed by atoms with Gasteiger partial charge in [0.25, 0.3) is 0 Å². The molecule has 0 aliphatic carbocycles. The minimum Gasteiger partial charge on any atom is -0.349 e. The number of carbonyl (C=O) groups excluding carboxylic acids is 1. The van der Waals surface area contributed by atoms with E-state index >= 15 is 0 Å². The zero-order valence-electron chi connectivity index (χ0n) is 11.4. The van der Waals surface area contributed by atoms with Crippen molar-refractivity contribution in [2.75, 3.05) is 5.33 Å². The van der Waals surface area contributed by atoms with Crippen molar-refractivity contribution in [1.82, 2.24) is 5.32 Å². The number of alkyl halides is 1. The Kier molecular flexibility index (Phi) is 5.86. The summed E-state index contributed by atoms with van der Waals surface area (Å²) in [4.78, 5) is 11.8. The van der Waals surface area contributed by atoms with Crippen molar-refractivity contribution in [2.45, 2.75) is 39.7 Å². The predicted octanol–water partition coefficient (Wildman–Crippen LogP) is 4.07. The van der Waals surface area contributed by atoms with Gasteiger partial charge in [-0.25, -0.2) is 0 Å². The van der Waals surface area contributed by atoms with Gasteiger partial charge >= 0.3 is 0 Å². The average Bonchev–Trinajstić information content (AvgIpc) is 2.28. The Morgan fingerprint density at radius 2 is 1.89 bits per heavy atom. The number of nitrogens with one attached hydrogen (secondary N) is 1. The summed E-state index contributed by atoms with van der Waals surface area (Å²) in [6.07, 6.45) is 1.46. The van der Waals surface area contributed by atoms with E-state index in [0.29, 0.717) is 11.8 Å². The third-order valence-electron chi connectivity index (χ3n) is 2.68. The molecular weight excluding hydrogens is 290 g/mol. The van der Waals surface area contributed by atoms with Crippen LogP contribution >= 0.6 is 15.9 Å². The van der Waals surface area contributed by atoms with Gasteiger partial charge in [0.2, 0.25) is 5.91 Å². The summed E-state index contributed by atoms with van der Waals surface area (Å²) in [5, 5.41) is 3.83. The maximum atomic E-state index is 11.8. The summed E-state index contributed by atoms with van der Waals surface area (Å²) in [5.41, 5.74) is 1.36. The second-order valence-corrected chi connectivity index (χ2v) is 6.53. The number of amides is 1. The first-order valence-corrected chi connectivity index (χ1v) is 7.45. The molecular formula is C15H22BrNO. The van der Waals surface area contributed by atoms with Crippen LogP contribution in [0, 0.1) is 5.41 Å². The molecule has 1 aromatic carbocycles. The van der Waals surface area contributed by atoms with Crippen molar-refractivity contribution < 1.29 is 4.79 Å². The first kappa shape index (κ1) is 15.2. The van der Waals surface area contributed by atoms with Gasteiger partial charge in [0.15, 0.2) is 0 Å². The van der Waals surface area contributed by atoms with Gasteiger partial charge in [-0.2, -0.15) is 0 Å². The van der Waals surface area contributed by atoms with E-state index in [1.807, 2.05) is 18.2 Å². The Labute approximate surface area is 118 Å². The molecule has 0 aromatic heterocycles. The number of carbonyl (C=O) groups is 1. The number of rotatable bonds is 5. The van der Waals surface area contributed by atoms with Gasteiger partial charge in [0, 0.05) is 11.8 Å². The lowest BCUT2D eigenvalue weighted by molar-refractivity contribution is -0.121. The highest BCUT2D eigenvalue weighted by atomic mass is 79.9. The van der Waals surface area contributed by atoms with Crippen LogP contribution in [0.2, 0.25) is 0 Å². The summed E-state index contributed by atoms with van der Waals surface area (Å²) in [7, 11) is 0. The van der Waals surface area contributed by atoms with Gasteiger partial charge < -0.3 is 5.32 Å². The second kappa shape index (κ2) is 6.93. The number of halogens is 1. The van der Waals surface area contributed by atoms with Crippen molar-refractivity contribution in [2.24, 2.45) is 5.41 Å². The molecule has 0 saturated carbocycles. The van der Waals surface area contributed by atoms with E-state index in [4.69, 9.17) is 0 Å². The summed E-state index contributed by atoms with van der Waals surface area (Å²) in [6.45, 7) is 6.58. The molecule has 0 saturated heterocycles. The zero-order valence-corrected chi connectivity index (χ0v) is 13.0. The van der Waals surface area contributed by atoms with Crippen LogP contribution < -0.4 is 5.32 Å². The molecule has 0 aliphatic heterocycles. The van der Waals surface area contributed by atoms with Crippen LogP contribution in [0.15, 0.2) is 30.3 Å². The largest absolute Gasteiger partial charge is 0.349 e. The zero-order chi connectivity index (χ0) is 13.6. The van der Waals surface area contributed by atoms with Gasteiger partial charge in [-0.3, -0.25) is 4.79 Å². The van der Waals surface area contributed by atoms with Crippen LogP contribution in [0.5, 0.6) is 0 Å². The van der Waals surface area contributed by atoms with E-state index in [1.165, 1.54) is 5.56 Å². The fourth-order valence-electron chi connectivity index (χ4n) is 1.90. The number of hydrogen-bond acceptors (Lipinski definition) is 1. The van der Waals surface area contributed by atoms with Crippen molar-refractivity contribution in [1.29, 1.82) is 0 Å². The lowest BCUT2D eigenvalue weighted by Crippen LogP contribution is -2.31. The van der Waals surface area contributed by atoms with Crippen molar-refractivity contribution in [3.8, 4) is 0 Å². The molecule has 1 amide bonds. The Bertz CT molecular complexity index is 370. The molecule has 2 nitrogen and oxygen atoms in total. The van der Waals surface area contributed by atoms with Gasteiger partial charge in [-0.05, 0) is 17.4 Å². The highest BCUT2D eigenvalue weighted by Gasteiger charge is 2.21. The van der Waals surface area contributed by atoms with Crippen molar-refractivity contribution in [3.05, 3.63) is 35.9 Å². The first-order valence-electron chi connectivity index (χ1n) is 6.32. The fourth-order valence-corrected chi connectivity index (χ4v) is 2.26. The van der Waals surface area contributed by atoms with Crippen LogP contribution in [0.3, 0.4) is 0 Å². The van der Waals surface area contributed by atoms with Crippen molar-refractivity contribution >= 4 is 21.8 Å². The monoisotopic (exact) mass is 311 g/mol. The molecule has 0 spiro atoms. The molecule has 0 bridgehead atoms. The van der Waals surface area contributed by atoms with Gasteiger partial charge in [0.1, 0.15) is 0 Å². The molecule has 18 heavy (non-hydrogen) atoms. The third kappa shape index (κ3) is 5.67. The normalized spacial score (nSPS) is 13.1. The van der Waals surface area contributed by atoms with E-state index in [9.17, 15) is 4.79 Å². The SMILES string of the molecule is CC(C)(C)CC(NC(=O)CCBr)c1ccccc1. The number of hydrogen-bond donors (Lipinski definition) is 1. The lowest BCUT2D eigenvalue weighted by atomic mass is 9.85. The van der Waals surface area contributed by atoms with Gasteiger partial charge in [-0.15, -0.1) is 0 Å². The van der Waals surface area contributed by atoms with Gasteiger partial charge in [0.05, 0.1) is 6.04 Å². The lowest BCUT2D eigenvalue weighted by Gasteiger charge is -2.27. The first-order chi connectivity index (χ1) is 8.42. The molecule has 1 N–H and O–H groups in total. The predicted molar refractivity (Wildman–Crippen MR) is 79.8 cm³/mol. The second-order valence-electron chi connectivity index (χ2n) is 5.73. The maximum absolute atomic E-state index is 11.8. The molecule has 0 aliphatic rings. The number of benzene rings is 1. The van der Waals surface area contributed by atoms with E-state index in [0.717, 1.165) is 6.42 Å². The molecule has 1 aromatic rings. The smallest absolute Gasteiger partial charge is 0.221 e. The van der Waals surface area contributed by atoms with Crippen molar-refractivity contribution in [3.63, 3.8) is 0 Å². The highest BCUT2D eigenvalue weighted by Crippen LogP contribution is 2.29. The molecule has 3 heteroatoms. The Hall–Kier alpha value is -0.830. The van der Waals surface area contributed by atoms with Crippen LogP contribution in [0.1, 0.15) is 45.2 Å². The molecule has 0 fully saturated rings. The van der Waals surface area contributed by atoms with Crippen LogP contribution in [0.25, 0.3) is 0 Å². The topological polar surface area (TPSA) is 29.1 Å². The quantitative estimate of drug-likeness (QED) is 0.816. The minimum atomic E-state index is 0.0951. The molecule has 0 heterocycles. The summed E-state index contributed by atoms with van der Waals surface area (Å²) < 4.78 is 0. The van der Waals surface area contributed by atoms with E-state index in [-0.39, 0.29) is 17.4 Å². The van der Waals surface area contributed by atoms with E-state index < -0.39 is 0 Å². The third-order valence-corrected chi connectivity index (χ3v) is 3.07. The summed E-state index contributed by atoms with van der Waals surface area (Å²) >= 11 is 3.30. The molecule has 1 atom stereocenters. The molecule has 100 valence electrons. The van der Waals surface area contributed by atoms with Crippen LogP contribution in [-0.2, 0) is 4.79 Å². The maximum Gasteiger partial charge on any atom is 0.221 e. The van der Waals surface area contributed by atoms with E-state index in [1.54, 1.807) is 0 Å². The van der Waals surface area contributed by atoms with Gasteiger partial charge in [-0.1, -0.05) is 67.0 Å². The summed E-state index contributed by atoms with van der Waals surface area (Å²) in [6, 6.07) is 10.3.